The fraction of sp³-hybridized carbons (Fsp3) is 0.833. The van der Waals surface area contributed by atoms with Gasteiger partial charge in [0.1, 0.15) is 0 Å². The Balaban J connectivity index is 2.81. The van der Waals surface area contributed by atoms with Crippen LogP contribution in [0.4, 0.5) is 0 Å². The molecular weight excluding hydrogens is 220 g/mol. The summed E-state index contributed by atoms with van der Waals surface area (Å²) in [5.41, 5.74) is -0.163. The molecule has 1 saturated heterocycles. The number of carbonyl (C=O) groups is 2. The number of carbonyl (C=O) groups excluding carboxylic acids is 1. The van der Waals surface area contributed by atoms with Gasteiger partial charge in [-0.2, -0.15) is 0 Å². The molecule has 17 heavy (non-hydrogen) atoms. The summed E-state index contributed by atoms with van der Waals surface area (Å²) in [7, 11) is 3.69. The standard InChI is InChI=1S/C12H22N2O3/c1-12(2)7-8-13(3)9(5-6-10(15)16)11(17)14(12)4/h9H,5-8H2,1-4H3,(H,15,16). The molecule has 0 aromatic heterocycles. The molecular formula is C12H22N2O3. The molecule has 0 radical (unpaired) electrons. The number of likely N-dealkylation sites (N-methyl/N-ethyl adjacent to an activating group) is 2. The number of nitrogens with zero attached hydrogens (tertiary/aromatic N) is 2. The highest BCUT2D eigenvalue weighted by Gasteiger charge is 2.37. The third-order valence-electron chi connectivity index (χ3n) is 3.76. The Morgan fingerprint density at radius 3 is 2.59 bits per heavy atom. The summed E-state index contributed by atoms with van der Waals surface area (Å²) in [5.74, 6) is -0.825. The lowest BCUT2D eigenvalue weighted by atomic mass is 9.99. The molecule has 1 aliphatic rings. The molecule has 0 bridgehead atoms. The Kier molecular flexibility index (Phi) is 4.14. The van der Waals surface area contributed by atoms with E-state index in [1.54, 1.807) is 11.9 Å². The highest BCUT2D eigenvalue weighted by molar-refractivity contribution is 5.83. The van der Waals surface area contributed by atoms with Crippen LogP contribution in [-0.2, 0) is 9.59 Å². The van der Waals surface area contributed by atoms with Crippen molar-refractivity contribution in [1.29, 1.82) is 0 Å². The van der Waals surface area contributed by atoms with Crippen LogP contribution < -0.4 is 0 Å². The van der Waals surface area contributed by atoms with E-state index in [-0.39, 0.29) is 23.9 Å². The summed E-state index contributed by atoms with van der Waals surface area (Å²) >= 11 is 0. The molecule has 0 aromatic rings. The summed E-state index contributed by atoms with van der Waals surface area (Å²) in [6.45, 7) is 4.89. The van der Waals surface area contributed by atoms with Crippen molar-refractivity contribution in [3.05, 3.63) is 0 Å². The maximum absolute atomic E-state index is 12.3. The number of aliphatic carboxylic acids is 1. The van der Waals surface area contributed by atoms with Crippen molar-refractivity contribution in [2.75, 3.05) is 20.6 Å². The monoisotopic (exact) mass is 242 g/mol. The third kappa shape index (κ3) is 3.19. The van der Waals surface area contributed by atoms with Gasteiger partial charge in [0, 0.05) is 25.6 Å². The van der Waals surface area contributed by atoms with Crippen molar-refractivity contribution in [2.24, 2.45) is 0 Å². The highest BCUT2D eigenvalue weighted by atomic mass is 16.4. The Hall–Kier alpha value is -1.10. The second-order valence-electron chi connectivity index (χ2n) is 5.39. The lowest BCUT2D eigenvalue weighted by Crippen LogP contribution is -2.48. The van der Waals surface area contributed by atoms with E-state index in [2.05, 4.69) is 0 Å². The molecule has 0 spiro atoms. The normalized spacial score (nSPS) is 25.8. The Morgan fingerprint density at radius 2 is 2.06 bits per heavy atom. The Bertz CT molecular complexity index is 315. The summed E-state index contributed by atoms with van der Waals surface area (Å²) in [4.78, 5) is 26.6. The fourth-order valence-corrected chi connectivity index (χ4v) is 2.09. The molecule has 1 unspecified atom stereocenters. The van der Waals surface area contributed by atoms with E-state index in [1.807, 2.05) is 25.8 Å². The second-order valence-corrected chi connectivity index (χ2v) is 5.39. The third-order valence-corrected chi connectivity index (χ3v) is 3.76. The summed E-state index contributed by atoms with van der Waals surface area (Å²) in [6.07, 6.45) is 1.31. The number of hydrogen-bond donors (Lipinski definition) is 1. The van der Waals surface area contributed by atoms with Crippen LogP contribution in [0.2, 0.25) is 0 Å². The van der Waals surface area contributed by atoms with Gasteiger partial charge < -0.3 is 10.0 Å². The maximum Gasteiger partial charge on any atom is 0.303 e. The minimum absolute atomic E-state index is 0.0243. The van der Waals surface area contributed by atoms with Gasteiger partial charge in [-0.1, -0.05) is 0 Å². The minimum Gasteiger partial charge on any atom is -0.481 e. The van der Waals surface area contributed by atoms with Crippen LogP contribution in [0.1, 0.15) is 33.1 Å². The first-order valence-corrected chi connectivity index (χ1v) is 5.95. The van der Waals surface area contributed by atoms with Gasteiger partial charge >= 0.3 is 5.97 Å². The predicted molar refractivity (Wildman–Crippen MR) is 64.8 cm³/mol. The summed E-state index contributed by atoms with van der Waals surface area (Å²) in [6, 6.07) is -0.308. The molecule has 1 fully saturated rings. The molecule has 5 nitrogen and oxygen atoms in total. The van der Waals surface area contributed by atoms with E-state index >= 15 is 0 Å². The first kappa shape index (κ1) is 14.0. The van der Waals surface area contributed by atoms with E-state index in [9.17, 15) is 9.59 Å². The van der Waals surface area contributed by atoms with Crippen LogP contribution in [-0.4, -0.2) is 59.0 Å². The molecule has 1 atom stereocenters. The second kappa shape index (κ2) is 5.04. The van der Waals surface area contributed by atoms with Crippen molar-refractivity contribution in [2.45, 2.75) is 44.7 Å². The zero-order chi connectivity index (χ0) is 13.2. The summed E-state index contributed by atoms with van der Waals surface area (Å²) < 4.78 is 0. The van der Waals surface area contributed by atoms with Crippen molar-refractivity contribution in [3.8, 4) is 0 Å². The zero-order valence-corrected chi connectivity index (χ0v) is 11.1. The number of carboxylic acids is 1. The van der Waals surface area contributed by atoms with Gasteiger partial charge in [0.2, 0.25) is 5.91 Å². The number of amides is 1. The molecule has 0 aliphatic carbocycles. The van der Waals surface area contributed by atoms with Crippen LogP contribution in [0.5, 0.6) is 0 Å². The van der Waals surface area contributed by atoms with Gasteiger partial charge in [-0.25, -0.2) is 0 Å². The molecule has 1 heterocycles. The predicted octanol–water partition coefficient (Wildman–Crippen LogP) is 0.792. The Labute approximate surface area is 102 Å². The smallest absolute Gasteiger partial charge is 0.303 e. The van der Waals surface area contributed by atoms with E-state index in [0.717, 1.165) is 13.0 Å². The highest BCUT2D eigenvalue weighted by Crippen LogP contribution is 2.25. The van der Waals surface area contributed by atoms with Gasteiger partial charge in [-0.15, -0.1) is 0 Å². The number of carboxylic acid groups (broad SMARTS) is 1. The molecule has 5 heteroatoms. The minimum atomic E-state index is -0.850. The molecule has 1 N–H and O–H groups in total. The van der Waals surface area contributed by atoms with Crippen molar-refractivity contribution in [3.63, 3.8) is 0 Å². The molecule has 0 aromatic carbocycles. The van der Waals surface area contributed by atoms with Crippen molar-refractivity contribution >= 4 is 11.9 Å². The van der Waals surface area contributed by atoms with Crippen molar-refractivity contribution in [1.82, 2.24) is 9.80 Å². The van der Waals surface area contributed by atoms with Crippen LogP contribution in [0.25, 0.3) is 0 Å². The molecule has 1 amide bonds. The van der Waals surface area contributed by atoms with Gasteiger partial charge in [-0.3, -0.25) is 14.5 Å². The lowest BCUT2D eigenvalue weighted by molar-refractivity contribution is -0.139. The number of hydrogen-bond acceptors (Lipinski definition) is 3. The zero-order valence-electron chi connectivity index (χ0n) is 11.1. The van der Waals surface area contributed by atoms with Gasteiger partial charge in [0.25, 0.3) is 0 Å². The van der Waals surface area contributed by atoms with E-state index in [0.29, 0.717) is 6.42 Å². The Morgan fingerprint density at radius 1 is 1.47 bits per heavy atom. The van der Waals surface area contributed by atoms with E-state index in [1.165, 1.54) is 0 Å². The van der Waals surface area contributed by atoms with Gasteiger partial charge in [0.15, 0.2) is 0 Å². The van der Waals surface area contributed by atoms with Gasteiger partial charge in [0.05, 0.1) is 6.04 Å². The topological polar surface area (TPSA) is 60.9 Å². The van der Waals surface area contributed by atoms with Crippen molar-refractivity contribution < 1.29 is 14.7 Å². The average Bonchev–Trinajstić information content (AvgIpc) is 2.30. The quantitative estimate of drug-likeness (QED) is 0.795. The lowest BCUT2D eigenvalue weighted by Gasteiger charge is -2.34. The molecule has 0 saturated carbocycles. The van der Waals surface area contributed by atoms with E-state index in [4.69, 9.17) is 5.11 Å². The SMILES string of the molecule is CN1CCC(C)(C)N(C)C(=O)C1CCC(=O)O. The van der Waals surface area contributed by atoms with Crippen LogP contribution in [0, 0.1) is 0 Å². The maximum atomic E-state index is 12.3. The van der Waals surface area contributed by atoms with Crippen LogP contribution in [0.3, 0.4) is 0 Å². The van der Waals surface area contributed by atoms with E-state index < -0.39 is 5.97 Å². The first-order valence-electron chi connectivity index (χ1n) is 5.95. The first-order chi connectivity index (χ1) is 7.75. The van der Waals surface area contributed by atoms with Gasteiger partial charge in [-0.05, 0) is 33.7 Å². The fourth-order valence-electron chi connectivity index (χ4n) is 2.09. The largest absolute Gasteiger partial charge is 0.481 e. The number of rotatable bonds is 3. The van der Waals surface area contributed by atoms with Crippen LogP contribution >= 0.6 is 0 Å². The summed E-state index contributed by atoms with van der Waals surface area (Å²) in [5, 5.41) is 8.71. The molecule has 98 valence electrons. The average molecular weight is 242 g/mol. The van der Waals surface area contributed by atoms with Crippen LogP contribution in [0.15, 0.2) is 0 Å². The molecule has 1 aliphatic heterocycles. The molecule has 1 rings (SSSR count).